The normalized spacial score (nSPS) is 12.6. The van der Waals surface area contributed by atoms with E-state index in [2.05, 4.69) is 10.3 Å². The average Bonchev–Trinajstić information content (AvgIpc) is 2.17. The lowest BCUT2D eigenvalue weighted by atomic mass is 10.0. The van der Waals surface area contributed by atoms with Crippen LogP contribution >= 0.6 is 0 Å². The van der Waals surface area contributed by atoms with Gasteiger partial charge in [-0.1, -0.05) is 18.2 Å². The largest absolute Gasteiger partial charge is 0.396 e. The first-order valence-corrected chi connectivity index (χ1v) is 5.32. The molecule has 0 radical (unpaired) electrons. The molecule has 88 valence electrons. The first kappa shape index (κ1) is 12.5. The second-order valence-corrected chi connectivity index (χ2v) is 4.27. The number of hydrogen-bond donors (Lipinski definition) is 3. The third-order valence-electron chi connectivity index (χ3n) is 2.19. The van der Waals surface area contributed by atoms with Crippen molar-refractivity contribution in [3.63, 3.8) is 0 Å². The Morgan fingerprint density at radius 3 is 2.56 bits per heavy atom. The number of nitrogens with two attached hydrogens (primary N) is 1. The van der Waals surface area contributed by atoms with Crippen LogP contribution in [0.2, 0.25) is 0 Å². The SMILES string of the molecule is CC(C)(CCO)N=C(N)Nc1ccccc1. The fraction of sp³-hybridized carbons (Fsp3) is 0.417. The van der Waals surface area contributed by atoms with E-state index in [1.807, 2.05) is 44.2 Å². The van der Waals surface area contributed by atoms with Crippen LogP contribution in [0.15, 0.2) is 35.3 Å². The van der Waals surface area contributed by atoms with Gasteiger partial charge >= 0.3 is 0 Å². The van der Waals surface area contributed by atoms with Crippen molar-refractivity contribution in [3.8, 4) is 0 Å². The lowest BCUT2D eigenvalue weighted by molar-refractivity contribution is 0.254. The van der Waals surface area contributed by atoms with Gasteiger partial charge in [-0.2, -0.15) is 0 Å². The van der Waals surface area contributed by atoms with E-state index in [0.717, 1.165) is 5.69 Å². The summed E-state index contributed by atoms with van der Waals surface area (Å²) in [5.74, 6) is 0.365. The predicted molar refractivity (Wildman–Crippen MR) is 67.5 cm³/mol. The van der Waals surface area contributed by atoms with E-state index >= 15 is 0 Å². The number of guanidine groups is 1. The lowest BCUT2D eigenvalue weighted by Gasteiger charge is -2.19. The van der Waals surface area contributed by atoms with E-state index in [0.29, 0.717) is 12.4 Å². The van der Waals surface area contributed by atoms with E-state index < -0.39 is 0 Å². The number of aliphatic hydroxyl groups is 1. The summed E-state index contributed by atoms with van der Waals surface area (Å²) in [4.78, 5) is 4.32. The number of nitrogens with zero attached hydrogens (tertiary/aromatic N) is 1. The molecule has 0 spiro atoms. The molecular weight excluding hydrogens is 202 g/mol. The van der Waals surface area contributed by atoms with Gasteiger partial charge in [0.2, 0.25) is 0 Å². The van der Waals surface area contributed by atoms with Crippen LogP contribution < -0.4 is 11.1 Å². The number of anilines is 1. The Bertz CT molecular complexity index is 347. The Balaban J connectivity index is 2.65. The molecule has 1 aromatic rings. The summed E-state index contributed by atoms with van der Waals surface area (Å²) in [5.41, 5.74) is 6.34. The van der Waals surface area contributed by atoms with Crippen molar-refractivity contribution in [2.75, 3.05) is 11.9 Å². The molecule has 0 bridgehead atoms. The standard InChI is InChI=1S/C12H19N3O/c1-12(2,8-9-16)15-11(13)14-10-6-4-3-5-7-10/h3-7,16H,8-9H2,1-2H3,(H3,13,14,15). The predicted octanol–water partition coefficient (Wildman–Crippen LogP) is 1.57. The van der Waals surface area contributed by atoms with E-state index in [1.54, 1.807) is 0 Å². The molecule has 0 aliphatic rings. The number of aliphatic imine (C=N–C) groups is 1. The first-order chi connectivity index (χ1) is 7.53. The van der Waals surface area contributed by atoms with Gasteiger partial charge in [-0.25, -0.2) is 4.99 Å². The molecule has 0 saturated carbocycles. The molecule has 1 aromatic carbocycles. The summed E-state index contributed by atoms with van der Waals surface area (Å²) in [7, 11) is 0. The van der Waals surface area contributed by atoms with Crippen molar-refractivity contribution in [1.29, 1.82) is 0 Å². The molecule has 0 heterocycles. The highest BCUT2D eigenvalue weighted by atomic mass is 16.3. The fourth-order valence-electron chi connectivity index (χ4n) is 1.35. The summed E-state index contributed by atoms with van der Waals surface area (Å²) >= 11 is 0. The second-order valence-electron chi connectivity index (χ2n) is 4.27. The van der Waals surface area contributed by atoms with Gasteiger partial charge in [-0.3, -0.25) is 0 Å². The highest BCUT2D eigenvalue weighted by Crippen LogP contribution is 2.13. The van der Waals surface area contributed by atoms with Crippen molar-refractivity contribution in [3.05, 3.63) is 30.3 Å². The molecule has 16 heavy (non-hydrogen) atoms. The van der Waals surface area contributed by atoms with Crippen LogP contribution in [-0.2, 0) is 0 Å². The van der Waals surface area contributed by atoms with Crippen molar-refractivity contribution in [2.24, 2.45) is 10.7 Å². The van der Waals surface area contributed by atoms with Gasteiger partial charge in [0.25, 0.3) is 0 Å². The minimum Gasteiger partial charge on any atom is -0.396 e. The zero-order valence-electron chi connectivity index (χ0n) is 9.77. The molecule has 1 rings (SSSR count). The molecule has 4 heteroatoms. The van der Waals surface area contributed by atoms with Gasteiger partial charge in [-0.05, 0) is 32.4 Å². The Morgan fingerprint density at radius 2 is 2.00 bits per heavy atom. The molecule has 0 saturated heterocycles. The monoisotopic (exact) mass is 221 g/mol. The van der Waals surface area contributed by atoms with Gasteiger partial charge < -0.3 is 16.2 Å². The second kappa shape index (κ2) is 5.51. The fourth-order valence-corrected chi connectivity index (χ4v) is 1.35. The van der Waals surface area contributed by atoms with E-state index in [4.69, 9.17) is 10.8 Å². The van der Waals surface area contributed by atoms with Crippen LogP contribution in [0, 0.1) is 0 Å². The lowest BCUT2D eigenvalue weighted by Crippen LogP contribution is -2.29. The zero-order chi connectivity index (χ0) is 12.0. The van der Waals surface area contributed by atoms with Crippen LogP contribution in [0.1, 0.15) is 20.3 Å². The van der Waals surface area contributed by atoms with Crippen LogP contribution in [0.3, 0.4) is 0 Å². The number of nitrogens with one attached hydrogen (secondary N) is 1. The minimum atomic E-state index is -0.347. The molecule has 0 aromatic heterocycles. The Morgan fingerprint density at radius 1 is 1.38 bits per heavy atom. The minimum absolute atomic E-state index is 0.106. The number of benzene rings is 1. The van der Waals surface area contributed by atoms with E-state index in [1.165, 1.54) is 0 Å². The summed E-state index contributed by atoms with van der Waals surface area (Å²) in [6, 6.07) is 9.63. The van der Waals surface area contributed by atoms with Crippen molar-refractivity contribution in [1.82, 2.24) is 0 Å². The van der Waals surface area contributed by atoms with Crippen molar-refractivity contribution >= 4 is 11.6 Å². The van der Waals surface area contributed by atoms with E-state index in [9.17, 15) is 0 Å². The molecule has 0 amide bonds. The molecule has 4 N–H and O–H groups in total. The maximum atomic E-state index is 8.87. The molecule has 0 aliphatic carbocycles. The topological polar surface area (TPSA) is 70.6 Å². The highest BCUT2D eigenvalue weighted by molar-refractivity contribution is 5.92. The molecule has 4 nitrogen and oxygen atoms in total. The first-order valence-electron chi connectivity index (χ1n) is 5.32. The van der Waals surface area contributed by atoms with Gasteiger partial charge in [-0.15, -0.1) is 0 Å². The highest BCUT2D eigenvalue weighted by Gasteiger charge is 2.15. The molecule has 0 fully saturated rings. The molecular formula is C12H19N3O. The van der Waals surface area contributed by atoms with Crippen LogP contribution in [0.5, 0.6) is 0 Å². The van der Waals surface area contributed by atoms with Gasteiger partial charge in [0.1, 0.15) is 0 Å². The maximum Gasteiger partial charge on any atom is 0.193 e. The Kier molecular flexibility index (Phi) is 4.31. The summed E-state index contributed by atoms with van der Waals surface area (Å²) in [6.07, 6.45) is 0.587. The number of para-hydroxylation sites is 1. The smallest absolute Gasteiger partial charge is 0.193 e. The Labute approximate surface area is 96.2 Å². The Hall–Kier alpha value is -1.55. The van der Waals surface area contributed by atoms with Crippen LogP contribution in [0.4, 0.5) is 5.69 Å². The van der Waals surface area contributed by atoms with Crippen molar-refractivity contribution < 1.29 is 5.11 Å². The number of hydrogen-bond acceptors (Lipinski definition) is 2. The summed E-state index contributed by atoms with van der Waals surface area (Å²) in [5, 5.41) is 11.9. The van der Waals surface area contributed by atoms with Gasteiger partial charge in [0.15, 0.2) is 5.96 Å². The quantitative estimate of drug-likeness (QED) is 0.534. The third kappa shape index (κ3) is 4.31. The summed E-state index contributed by atoms with van der Waals surface area (Å²) < 4.78 is 0. The maximum absolute atomic E-state index is 8.87. The van der Waals surface area contributed by atoms with E-state index in [-0.39, 0.29) is 12.1 Å². The molecule has 0 atom stereocenters. The van der Waals surface area contributed by atoms with Crippen LogP contribution in [0.25, 0.3) is 0 Å². The third-order valence-corrected chi connectivity index (χ3v) is 2.19. The zero-order valence-corrected chi connectivity index (χ0v) is 9.77. The molecule has 0 aliphatic heterocycles. The van der Waals surface area contributed by atoms with Gasteiger partial charge in [0, 0.05) is 12.3 Å². The number of aliphatic hydroxyl groups excluding tert-OH is 1. The number of rotatable bonds is 4. The van der Waals surface area contributed by atoms with Crippen molar-refractivity contribution in [2.45, 2.75) is 25.8 Å². The van der Waals surface area contributed by atoms with Crippen LogP contribution in [-0.4, -0.2) is 23.2 Å². The molecule has 0 unspecified atom stereocenters. The van der Waals surface area contributed by atoms with Gasteiger partial charge in [0.05, 0.1) is 5.54 Å². The summed E-state index contributed by atoms with van der Waals surface area (Å²) in [6.45, 7) is 3.97. The average molecular weight is 221 g/mol.